The summed E-state index contributed by atoms with van der Waals surface area (Å²) in [7, 11) is 0. The quantitative estimate of drug-likeness (QED) is 0.642. The number of carbonyl (C=O) groups excluding carboxylic acids is 1. The van der Waals surface area contributed by atoms with Crippen LogP contribution in [-0.2, 0) is 0 Å². The molecule has 0 aromatic carbocycles. The summed E-state index contributed by atoms with van der Waals surface area (Å²) in [5, 5.41) is 0. The number of ketones is 1. The van der Waals surface area contributed by atoms with Crippen LogP contribution in [0.4, 0.5) is 0 Å². The van der Waals surface area contributed by atoms with E-state index in [-0.39, 0.29) is 5.78 Å². The summed E-state index contributed by atoms with van der Waals surface area (Å²) in [6, 6.07) is 3.92. The van der Waals surface area contributed by atoms with E-state index in [0.29, 0.717) is 5.69 Å². The van der Waals surface area contributed by atoms with E-state index in [2.05, 4.69) is 4.98 Å². The Labute approximate surface area is 82.4 Å². The van der Waals surface area contributed by atoms with E-state index in [0.717, 1.165) is 16.9 Å². The number of Topliss-reactive ketones (excluding diaryl/α,β-unsaturated/α-hetero) is 1. The maximum Gasteiger partial charge on any atom is 0.178 e. The summed E-state index contributed by atoms with van der Waals surface area (Å²) in [6.45, 7) is 5.43. The molecule has 3 nitrogen and oxygen atoms in total. The summed E-state index contributed by atoms with van der Waals surface area (Å²) in [5.41, 5.74) is 3.43. The van der Waals surface area contributed by atoms with Crippen LogP contribution in [0.2, 0.25) is 0 Å². The molecule has 2 rings (SSSR count). The second-order valence-electron chi connectivity index (χ2n) is 3.54. The molecule has 0 N–H and O–H groups in total. The summed E-state index contributed by atoms with van der Waals surface area (Å²) in [5.74, 6) is 0.0561. The predicted octanol–water partition coefficient (Wildman–Crippen LogP) is 2.15. The van der Waals surface area contributed by atoms with E-state index in [1.807, 2.05) is 36.6 Å². The van der Waals surface area contributed by atoms with Gasteiger partial charge in [0.15, 0.2) is 5.78 Å². The van der Waals surface area contributed by atoms with E-state index in [9.17, 15) is 4.79 Å². The first-order chi connectivity index (χ1) is 6.59. The van der Waals surface area contributed by atoms with Gasteiger partial charge in [-0.3, -0.25) is 9.20 Å². The van der Waals surface area contributed by atoms with Crippen molar-refractivity contribution in [1.82, 2.24) is 9.38 Å². The molecule has 0 bridgehead atoms. The first-order valence-electron chi connectivity index (χ1n) is 4.56. The lowest BCUT2D eigenvalue weighted by molar-refractivity contribution is 0.101. The van der Waals surface area contributed by atoms with Gasteiger partial charge in [0.25, 0.3) is 0 Å². The fourth-order valence-corrected chi connectivity index (χ4v) is 1.69. The molecule has 0 amide bonds. The highest BCUT2D eigenvalue weighted by Crippen LogP contribution is 2.13. The van der Waals surface area contributed by atoms with E-state index in [4.69, 9.17) is 0 Å². The predicted molar refractivity (Wildman–Crippen MR) is 54.7 cm³/mol. The number of imidazole rings is 1. The fraction of sp³-hybridized carbons (Fsp3) is 0.273. The molecule has 3 heteroatoms. The Bertz CT molecular complexity index is 511. The molecule has 72 valence electrons. The van der Waals surface area contributed by atoms with E-state index < -0.39 is 0 Å². The van der Waals surface area contributed by atoms with Crippen molar-refractivity contribution in [1.29, 1.82) is 0 Å². The zero-order valence-electron chi connectivity index (χ0n) is 8.53. The minimum Gasteiger partial charge on any atom is -0.297 e. The van der Waals surface area contributed by atoms with Crippen LogP contribution in [0, 0.1) is 13.8 Å². The molecule has 0 atom stereocenters. The lowest BCUT2D eigenvalue weighted by atomic mass is 10.2. The van der Waals surface area contributed by atoms with Gasteiger partial charge < -0.3 is 0 Å². The van der Waals surface area contributed by atoms with E-state index >= 15 is 0 Å². The number of pyridine rings is 1. The van der Waals surface area contributed by atoms with Gasteiger partial charge in [-0.25, -0.2) is 4.98 Å². The first kappa shape index (κ1) is 8.94. The van der Waals surface area contributed by atoms with Crippen LogP contribution < -0.4 is 0 Å². The number of aromatic nitrogens is 2. The van der Waals surface area contributed by atoms with Gasteiger partial charge in [-0.1, -0.05) is 6.07 Å². The van der Waals surface area contributed by atoms with Crippen LogP contribution >= 0.6 is 0 Å². The van der Waals surface area contributed by atoms with Gasteiger partial charge in [0.1, 0.15) is 11.3 Å². The van der Waals surface area contributed by atoms with Crippen molar-refractivity contribution in [2.45, 2.75) is 20.8 Å². The largest absolute Gasteiger partial charge is 0.297 e. The Morgan fingerprint density at radius 3 is 2.71 bits per heavy atom. The third kappa shape index (κ3) is 1.21. The van der Waals surface area contributed by atoms with Crippen LogP contribution in [0.5, 0.6) is 0 Å². The third-order valence-electron chi connectivity index (χ3n) is 2.27. The monoisotopic (exact) mass is 188 g/mol. The molecule has 2 heterocycles. The summed E-state index contributed by atoms with van der Waals surface area (Å²) < 4.78 is 1.85. The number of hydrogen-bond acceptors (Lipinski definition) is 2. The number of rotatable bonds is 1. The normalized spacial score (nSPS) is 10.8. The minimum absolute atomic E-state index is 0.0561. The van der Waals surface area contributed by atoms with Crippen LogP contribution in [0.15, 0.2) is 18.3 Å². The van der Waals surface area contributed by atoms with Gasteiger partial charge in [-0.05, 0) is 25.5 Å². The summed E-state index contributed by atoms with van der Waals surface area (Å²) >= 11 is 0. The molecule has 0 fully saturated rings. The smallest absolute Gasteiger partial charge is 0.178 e. The van der Waals surface area contributed by atoms with Crippen molar-refractivity contribution < 1.29 is 4.79 Å². The second kappa shape index (κ2) is 2.94. The third-order valence-corrected chi connectivity index (χ3v) is 2.27. The molecule has 0 aliphatic rings. The Kier molecular flexibility index (Phi) is 1.88. The van der Waals surface area contributed by atoms with Gasteiger partial charge in [-0.2, -0.15) is 0 Å². The van der Waals surface area contributed by atoms with Crippen molar-refractivity contribution in [3.05, 3.63) is 35.3 Å². The topological polar surface area (TPSA) is 34.4 Å². The molecule has 2 aromatic heterocycles. The lowest BCUT2D eigenvalue weighted by Gasteiger charge is -1.99. The fourth-order valence-electron chi connectivity index (χ4n) is 1.69. The zero-order valence-corrected chi connectivity index (χ0v) is 8.53. The van der Waals surface area contributed by atoms with Crippen molar-refractivity contribution in [2.24, 2.45) is 0 Å². The number of carbonyl (C=O) groups is 1. The summed E-state index contributed by atoms with van der Waals surface area (Å²) in [4.78, 5) is 15.7. The molecule has 0 aliphatic carbocycles. The molecule has 14 heavy (non-hydrogen) atoms. The Morgan fingerprint density at radius 2 is 2.07 bits per heavy atom. The standard InChI is InChI=1S/C11H12N2O/c1-7-4-5-10-12-8(2)11(9(3)14)13(10)6-7/h4-6H,1-3H3. The van der Waals surface area contributed by atoms with Crippen molar-refractivity contribution in [2.75, 3.05) is 0 Å². The number of aryl methyl sites for hydroxylation is 2. The average molecular weight is 188 g/mol. The highest BCUT2D eigenvalue weighted by molar-refractivity contribution is 5.94. The van der Waals surface area contributed by atoms with Crippen LogP contribution in [0.3, 0.4) is 0 Å². The van der Waals surface area contributed by atoms with Gasteiger partial charge in [0.05, 0.1) is 5.69 Å². The Balaban J connectivity index is 2.86. The highest BCUT2D eigenvalue weighted by Gasteiger charge is 2.11. The molecule has 0 spiro atoms. The molecule has 0 saturated heterocycles. The number of fused-ring (bicyclic) bond motifs is 1. The van der Waals surface area contributed by atoms with Gasteiger partial charge in [0, 0.05) is 13.1 Å². The zero-order chi connectivity index (χ0) is 10.3. The Morgan fingerprint density at radius 1 is 1.36 bits per heavy atom. The lowest BCUT2D eigenvalue weighted by Crippen LogP contribution is -2.00. The molecule has 2 aromatic rings. The van der Waals surface area contributed by atoms with Crippen molar-refractivity contribution in [3.63, 3.8) is 0 Å². The van der Waals surface area contributed by atoms with Crippen LogP contribution in [0.1, 0.15) is 28.7 Å². The molecule has 0 aliphatic heterocycles. The van der Waals surface area contributed by atoms with Crippen molar-refractivity contribution in [3.8, 4) is 0 Å². The number of hydrogen-bond donors (Lipinski definition) is 0. The Hall–Kier alpha value is -1.64. The van der Waals surface area contributed by atoms with Crippen LogP contribution in [0.25, 0.3) is 5.65 Å². The molecular weight excluding hydrogens is 176 g/mol. The van der Waals surface area contributed by atoms with Gasteiger partial charge in [-0.15, -0.1) is 0 Å². The average Bonchev–Trinajstić information content (AvgIpc) is 2.40. The molecule has 0 saturated carbocycles. The maximum atomic E-state index is 11.4. The highest BCUT2D eigenvalue weighted by atomic mass is 16.1. The maximum absolute atomic E-state index is 11.4. The number of nitrogens with zero attached hydrogens (tertiary/aromatic N) is 2. The SMILES string of the molecule is CC(=O)c1c(C)nc2ccc(C)cn12. The van der Waals surface area contributed by atoms with Gasteiger partial charge in [0.2, 0.25) is 0 Å². The molecule has 0 radical (unpaired) electrons. The second-order valence-corrected chi connectivity index (χ2v) is 3.54. The van der Waals surface area contributed by atoms with E-state index in [1.165, 1.54) is 0 Å². The molecular formula is C11H12N2O. The summed E-state index contributed by atoms with van der Waals surface area (Å²) in [6.07, 6.45) is 1.94. The minimum atomic E-state index is 0.0561. The molecule has 0 unspecified atom stereocenters. The van der Waals surface area contributed by atoms with Crippen LogP contribution in [-0.4, -0.2) is 15.2 Å². The van der Waals surface area contributed by atoms with Gasteiger partial charge >= 0.3 is 0 Å². The van der Waals surface area contributed by atoms with Crippen molar-refractivity contribution >= 4 is 11.4 Å². The first-order valence-corrected chi connectivity index (χ1v) is 4.56. The van der Waals surface area contributed by atoms with E-state index in [1.54, 1.807) is 6.92 Å².